The Balaban J connectivity index is 1.32. The molecule has 1 aromatic heterocycles. The van der Waals surface area contributed by atoms with Crippen LogP contribution >= 0.6 is 0 Å². The van der Waals surface area contributed by atoms with Crippen molar-refractivity contribution in [2.45, 2.75) is 37.8 Å². The number of benzene rings is 2. The fraction of sp³-hybridized carbons (Fsp3) is 0.333. The van der Waals surface area contributed by atoms with Crippen LogP contribution in [-0.4, -0.2) is 41.5 Å². The minimum atomic E-state index is -3.52. The van der Waals surface area contributed by atoms with Gasteiger partial charge in [-0.25, -0.2) is 8.42 Å². The normalized spacial score (nSPS) is 15.5. The van der Waals surface area contributed by atoms with Crippen molar-refractivity contribution in [2.24, 2.45) is 5.92 Å². The summed E-state index contributed by atoms with van der Waals surface area (Å²) in [5, 5.41) is 7.29. The molecule has 0 atom stereocenters. The molecule has 8 heteroatoms. The molecular formula is C24H28N4O3S. The van der Waals surface area contributed by atoms with Gasteiger partial charge in [-0.2, -0.15) is 9.40 Å². The predicted molar refractivity (Wildman–Crippen MR) is 122 cm³/mol. The number of nitrogens with one attached hydrogen (secondary N) is 1. The molecule has 0 spiro atoms. The maximum Gasteiger partial charge on any atom is 0.243 e. The van der Waals surface area contributed by atoms with E-state index in [4.69, 9.17) is 0 Å². The summed E-state index contributed by atoms with van der Waals surface area (Å²) in [5.74, 6) is -0.205. The highest BCUT2D eigenvalue weighted by molar-refractivity contribution is 7.89. The first-order valence-corrected chi connectivity index (χ1v) is 12.3. The molecule has 0 saturated carbocycles. The Hall–Kier alpha value is -2.97. The van der Waals surface area contributed by atoms with Gasteiger partial charge in [0.1, 0.15) is 0 Å². The number of carbonyl (C=O) groups excluding carboxylic acids is 1. The molecule has 168 valence electrons. The van der Waals surface area contributed by atoms with Crippen LogP contribution in [0.25, 0.3) is 0 Å². The summed E-state index contributed by atoms with van der Waals surface area (Å²) in [6.45, 7) is 3.72. The highest BCUT2D eigenvalue weighted by Crippen LogP contribution is 2.24. The lowest BCUT2D eigenvalue weighted by Crippen LogP contribution is -2.42. The van der Waals surface area contributed by atoms with Crippen molar-refractivity contribution >= 4 is 15.9 Å². The van der Waals surface area contributed by atoms with Gasteiger partial charge in [0.15, 0.2) is 0 Å². The van der Waals surface area contributed by atoms with Crippen molar-refractivity contribution in [3.05, 3.63) is 83.7 Å². The van der Waals surface area contributed by atoms with E-state index in [0.717, 1.165) is 16.7 Å². The number of rotatable bonds is 7. The van der Waals surface area contributed by atoms with Gasteiger partial charge in [0.05, 0.1) is 11.4 Å². The maximum absolute atomic E-state index is 12.9. The average molecular weight is 453 g/mol. The molecular weight excluding hydrogens is 424 g/mol. The van der Waals surface area contributed by atoms with Crippen LogP contribution in [0.4, 0.5) is 0 Å². The van der Waals surface area contributed by atoms with Crippen molar-refractivity contribution in [1.29, 1.82) is 0 Å². The molecule has 7 nitrogen and oxygen atoms in total. The quantitative estimate of drug-likeness (QED) is 0.597. The van der Waals surface area contributed by atoms with E-state index in [0.29, 0.717) is 43.9 Å². The van der Waals surface area contributed by atoms with Crippen molar-refractivity contribution in [3.8, 4) is 0 Å². The van der Waals surface area contributed by atoms with Crippen LogP contribution in [0, 0.1) is 12.8 Å². The molecule has 0 aliphatic carbocycles. The van der Waals surface area contributed by atoms with Crippen LogP contribution < -0.4 is 5.32 Å². The highest BCUT2D eigenvalue weighted by Gasteiger charge is 2.32. The minimum absolute atomic E-state index is 0.0220. The number of hydrogen-bond acceptors (Lipinski definition) is 4. The molecule has 1 fully saturated rings. The Morgan fingerprint density at radius 2 is 1.72 bits per heavy atom. The first kappa shape index (κ1) is 22.2. The molecule has 0 bridgehead atoms. The summed E-state index contributed by atoms with van der Waals surface area (Å²) >= 11 is 0. The fourth-order valence-corrected chi connectivity index (χ4v) is 5.47. The van der Waals surface area contributed by atoms with Crippen molar-refractivity contribution in [3.63, 3.8) is 0 Å². The van der Waals surface area contributed by atoms with E-state index in [1.54, 1.807) is 30.5 Å². The topological polar surface area (TPSA) is 84.3 Å². The Kier molecular flexibility index (Phi) is 6.72. The molecule has 0 unspecified atom stereocenters. The van der Waals surface area contributed by atoms with Crippen molar-refractivity contribution in [1.82, 2.24) is 19.4 Å². The molecule has 2 heterocycles. The average Bonchev–Trinajstić information content (AvgIpc) is 3.32. The Bertz CT molecular complexity index is 1150. The lowest BCUT2D eigenvalue weighted by Gasteiger charge is -2.30. The first-order chi connectivity index (χ1) is 15.4. The number of piperidine rings is 1. The van der Waals surface area contributed by atoms with E-state index < -0.39 is 10.0 Å². The third-order valence-electron chi connectivity index (χ3n) is 5.95. The molecule has 1 aliphatic heterocycles. The van der Waals surface area contributed by atoms with Crippen LogP contribution in [0.5, 0.6) is 0 Å². The van der Waals surface area contributed by atoms with E-state index in [1.807, 2.05) is 48.1 Å². The Morgan fingerprint density at radius 3 is 2.38 bits per heavy atom. The van der Waals surface area contributed by atoms with Crippen LogP contribution in [0.1, 0.15) is 29.5 Å². The van der Waals surface area contributed by atoms with Gasteiger partial charge >= 0.3 is 0 Å². The summed E-state index contributed by atoms with van der Waals surface area (Å²) < 4.78 is 29.1. The summed E-state index contributed by atoms with van der Waals surface area (Å²) in [6, 6.07) is 16.8. The third kappa shape index (κ3) is 5.08. The van der Waals surface area contributed by atoms with Gasteiger partial charge in [0, 0.05) is 37.9 Å². The van der Waals surface area contributed by atoms with Crippen LogP contribution in [0.2, 0.25) is 0 Å². The summed E-state index contributed by atoms with van der Waals surface area (Å²) in [7, 11) is -3.52. The van der Waals surface area contributed by atoms with E-state index in [2.05, 4.69) is 10.4 Å². The fourth-order valence-electron chi connectivity index (χ4n) is 4.00. The second-order valence-corrected chi connectivity index (χ2v) is 10.1. The molecule has 1 aliphatic rings. The summed E-state index contributed by atoms with van der Waals surface area (Å²) in [6.07, 6.45) is 4.70. The van der Waals surface area contributed by atoms with Gasteiger partial charge in [-0.05, 0) is 49.1 Å². The van der Waals surface area contributed by atoms with E-state index >= 15 is 0 Å². The Morgan fingerprint density at radius 1 is 1.03 bits per heavy atom. The minimum Gasteiger partial charge on any atom is -0.352 e. The predicted octanol–water partition coefficient (Wildman–Crippen LogP) is 2.96. The molecule has 2 aromatic carbocycles. The Labute approximate surface area is 189 Å². The smallest absolute Gasteiger partial charge is 0.243 e. The van der Waals surface area contributed by atoms with Gasteiger partial charge in [-0.1, -0.05) is 42.0 Å². The zero-order valence-electron chi connectivity index (χ0n) is 18.1. The second kappa shape index (κ2) is 9.67. The lowest BCUT2D eigenvalue weighted by atomic mass is 9.97. The number of sulfonamides is 1. The van der Waals surface area contributed by atoms with E-state index in [9.17, 15) is 13.2 Å². The van der Waals surface area contributed by atoms with E-state index in [-0.39, 0.29) is 11.8 Å². The number of aromatic nitrogens is 2. The number of hydrogen-bond donors (Lipinski definition) is 1. The first-order valence-electron chi connectivity index (χ1n) is 10.8. The SMILES string of the molecule is Cc1ccc(S(=O)(=O)N2CCC(C(=O)NCc3ccccc3Cn3cccn3)CC2)cc1. The zero-order chi connectivity index (χ0) is 22.6. The van der Waals surface area contributed by atoms with Crippen LogP contribution in [0.3, 0.4) is 0 Å². The molecule has 4 rings (SSSR count). The number of carbonyl (C=O) groups is 1. The number of aryl methyl sites for hydroxylation is 1. The molecule has 32 heavy (non-hydrogen) atoms. The third-order valence-corrected chi connectivity index (χ3v) is 7.86. The van der Waals surface area contributed by atoms with Gasteiger partial charge in [-0.15, -0.1) is 0 Å². The van der Waals surface area contributed by atoms with Crippen LogP contribution in [0.15, 0.2) is 71.9 Å². The largest absolute Gasteiger partial charge is 0.352 e. The molecule has 1 N–H and O–H groups in total. The van der Waals surface area contributed by atoms with Gasteiger partial charge in [-0.3, -0.25) is 9.48 Å². The zero-order valence-corrected chi connectivity index (χ0v) is 19.0. The van der Waals surface area contributed by atoms with Crippen molar-refractivity contribution < 1.29 is 13.2 Å². The molecule has 3 aromatic rings. The lowest BCUT2D eigenvalue weighted by molar-refractivity contribution is -0.126. The van der Waals surface area contributed by atoms with Crippen LogP contribution in [-0.2, 0) is 27.9 Å². The highest BCUT2D eigenvalue weighted by atomic mass is 32.2. The summed E-state index contributed by atoms with van der Waals surface area (Å²) in [4.78, 5) is 13.1. The maximum atomic E-state index is 12.9. The molecule has 0 radical (unpaired) electrons. The monoisotopic (exact) mass is 452 g/mol. The number of amides is 1. The standard InChI is InChI=1S/C24H28N4O3S/c1-19-7-9-23(10-8-19)32(30,31)28-15-11-20(12-16-28)24(29)25-17-21-5-2-3-6-22(21)18-27-14-4-13-26-27/h2-10,13-14,20H,11-12,15-18H2,1H3,(H,25,29). The van der Waals surface area contributed by atoms with E-state index in [1.165, 1.54) is 4.31 Å². The summed E-state index contributed by atoms with van der Waals surface area (Å²) in [5.41, 5.74) is 3.18. The molecule has 1 saturated heterocycles. The second-order valence-electron chi connectivity index (χ2n) is 8.18. The van der Waals surface area contributed by atoms with Gasteiger partial charge < -0.3 is 5.32 Å². The molecule has 1 amide bonds. The van der Waals surface area contributed by atoms with Gasteiger partial charge in [0.25, 0.3) is 0 Å². The van der Waals surface area contributed by atoms with Gasteiger partial charge in [0.2, 0.25) is 15.9 Å². The number of nitrogens with zero attached hydrogens (tertiary/aromatic N) is 3. The van der Waals surface area contributed by atoms with Crippen molar-refractivity contribution in [2.75, 3.05) is 13.1 Å².